The molecule has 2 N–H and O–H groups in total. The summed E-state index contributed by atoms with van der Waals surface area (Å²) < 4.78 is 0. The van der Waals surface area contributed by atoms with Crippen LogP contribution in [0.3, 0.4) is 0 Å². The van der Waals surface area contributed by atoms with Gasteiger partial charge in [-0.05, 0) is 31.0 Å². The molecule has 5 nitrogen and oxygen atoms in total. The van der Waals surface area contributed by atoms with Gasteiger partial charge >= 0.3 is 0 Å². The van der Waals surface area contributed by atoms with Crippen molar-refractivity contribution in [3.8, 4) is 0 Å². The van der Waals surface area contributed by atoms with Crippen molar-refractivity contribution < 1.29 is 0 Å². The van der Waals surface area contributed by atoms with E-state index in [1.54, 1.807) is 12.3 Å². The first kappa shape index (κ1) is 14.3. The SMILES string of the molecule is C=CCNc1nncc(Nc2c(C)cc(C)cc2Cl)n1. The Bertz CT molecular complexity index is 604. The lowest BCUT2D eigenvalue weighted by Crippen LogP contribution is -2.06. The van der Waals surface area contributed by atoms with Crippen LogP contribution in [-0.4, -0.2) is 21.7 Å². The molecule has 0 aliphatic heterocycles. The molecule has 1 aromatic carbocycles. The number of anilines is 3. The lowest BCUT2D eigenvalue weighted by atomic mass is 10.1. The zero-order valence-corrected chi connectivity index (χ0v) is 12.2. The van der Waals surface area contributed by atoms with Gasteiger partial charge in [0.2, 0.25) is 5.95 Å². The van der Waals surface area contributed by atoms with E-state index in [2.05, 4.69) is 38.5 Å². The van der Waals surface area contributed by atoms with Crippen molar-refractivity contribution in [1.29, 1.82) is 0 Å². The zero-order valence-electron chi connectivity index (χ0n) is 11.4. The third kappa shape index (κ3) is 3.45. The second kappa shape index (κ2) is 6.34. The number of nitrogens with one attached hydrogen (secondary N) is 2. The van der Waals surface area contributed by atoms with Gasteiger partial charge < -0.3 is 10.6 Å². The standard InChI is InChI=1S/C14H16ClN5/c1-4-5-16-14-19-12(8-17-20-14)18-13-10(3)6-9(2)7-11(13)15/h4,6-8H,1,5H2,2-3H3,(H2,16,18,19,20). The molecule has 104 valence electrons. The third-order valence-corrected chi connectivity index (χ3v) is 2.95. The molecule has 0 atom stereocenters. The van der Waals surface area contributed by atoms with Gasteiger partial charge in [-0.2, -0.15) is 10.1 Å². The number of nitrogens with zero attached hydrogens (tertiary/aromatic N) is 3. The quantitative estimate of drug-likeness (QED) is 0.825. The smallest absolute Gasteiger partial charge is 0.244 e. The number of hydrogen-bond donors (Lipinski definition) is 2. The minimum atomic E-state index is 0.441. The second-order valence-corrected chi connectivity index (χ2v) is 4.81. The summed E-state index contributed by atoms with van der Waals surface area (Å²) in [5.41, 5.74) is 2.99. The molecule has 0 saturated heterocycles. The third-order valence-electron chi connectivity index (χ3n) is 2.65. The Kier molecular flexibility index (Phi) is 4.53. The average Bonchev–Trinajstić information content (AvgIpc) is 2.41. The Morgan fingerprint density at radius 1 is 1.35 bits per heavy atom. The van der Waals surface area contributed by atoms with E-state index in [4.69, 9.17) is 11.6 Å². The molecule has 1 heterocycles. The molecule has 0 radical (unpaired) electrons. The van der Waals surface area contributed by atoms with Gasteiger partial charge in [0.1, 0.15) is 0 Å². The lowest BCUT2D eigenvalue weighted by molar-refractivity contribution is 0.967. The fourth-order valence-electron chi connectivity index (χ4n) is 1.80. The molecule has 0 unspecified atom stereocenters. The van der Waals surface area contributed by atoms with E-state index in [-0.39, 0.29) is 0 Å². The maximum Gasteiger partial charge on any atom is 0.244 e. The van der Waals surface area contributed by atoms with Crippen LogP contribution in [0.2, 0.25) is 5.02 Å². The molecule has 2 aromatic rings. The largest absolute Gasteiger partial charge is 0.349 e. The first-order valence-corrected chi connectivity index (χ1v) is 6.56. The van der Waals surface area contributed by atoms with Gasteiger partial charge in [0.15, 0.2) is 5.82 Å². The molecule has 0 aliphatic rings. The zero-order chi connectivity index (χ0) is 14.5. The normalized spacial score (nSPS) is 10.2. The van der Waals surface area contributed by atoms with E-state index in [0.717, 1.165) is 16.8 Å². The summed E-state index contributed by atoms with van der Waals surface area (Å²) >= 11 is 6.25. The molecule has 0 saturated carbocycles. The van der Waals surface area contributed by atoms with Gasteiger partial charge in [-0.15, -0.1) is 11.7 Å². The van der Waals surface area contributed by atoms with Crippen molar-refractivity contribution in [1.82, 2.24) is 15.2 Å². The second-order valence-electron chi connectivity index (χ2n) is 4.40. The number of benzene rings is 1. The maximum atomic E-state index is 6.25. The summed E-state index contributed by atoms with van der Waals surface area (Å²) in [4.78, 5) is 4.31. The van der Waals surface area contributed by atoms with Crippen LogP contribution in [-0.2, 0) is 0 Å². The van der Waals surface area contributed by atoms with Gasteiger partial charge in [-0.3, -0.25) is 0 Å². The molecular formula is C14H16ClN5. The number of aryl methyl sites for hydroxylation is 2. The highest BCUT2D eigenvalue weighted by Crippen LogP contribution is 2.29. The highest BCUT2D eigenvalue weighted by Gasteiger charge is 2.07. The van der Waals surface area contributed by atoms with Crippen LogP contribution >= 0.6 is 11.6 Å². The number of hydrogen-bond acceptors (Lipinski definition) is 5. The van der Waals surface area contributed by atoms with Crippen molar-refractivity contribution >= 4 is 29.1 Å². The van der Waals surface area contributed by atoms with Crippen LogP contribution in [0.4, 0.5) is 17.5 Å². The fraction of sp³-hybridized carbons (Fsp3) is 0.214. The van der Waals surface area contributed by atoms with E-state index >= 15 is 0 Å². The minimum absolute atomic E-state index is 0.441. The molecule has 0 amide bonds. The molecular weight excluding hydrogens is 274 g/mol. The maximum absolute atomic E-state index is 6.25. The Morgan fingerprint density at radius 3 is 2.85 bits per heavy atom. The van der Waals surface area contributed by atoms with E-state index in [9.17, 15) is 0 Å². The Hall–Kier alpha value is -2.14. The lowest BCUT2D eigenvalue weighted by Gasteiger charge is -2.12. The van der Waals surface area contributed by atoms with Crippen molar-refractivity contribution in [3.05, 3.63) is 47.1 Å². The summed E-state index contributed by atoms with van der Waals surface area (Å²) in [6, 6.07) is 3.96. The fourth-order valence-corrected chi connectivity index (χ4v) is 2.17. The van der Waals surface area contributed by atoms with Crippen molar-refractivity contribution in [2.75, 3.05) is 17.2 Å². The number of halogens is 1. The Morgan fingerprint density at radius 2 is 2.15 bits per heavy atom. The van der Waals surface area contributed by atoms with E-state index in [1.165, 1.54) is 0 Å². The predicted molar refractivity (Wildman–Crippen MR) is 82.7 cm³/mol. The van der Waals surface area contributed by atoms with Crippen LogP contribution in [0.1, 0.15) is 11.1 Å². The predicted octanol–water partition coefficient (Wildman–Crippen LogP) is 3.48. The highest BCUT2D eigenvalue weighted by atomic mass is 35.5. The van der Waals surface area contributed by atoms with Crippen LogP contribution in [0.15, 0.2) is 31.0 Å². The molecule has 2 rings (SSSR count). The summed E-state index contributed by atoms with van der Waals surface area (Å²) in [7, 11) is 0. The van der Waals surface area contributed by atoms with Crippen LogP contribution in [0.5, 0.6) is 0 Å². The van der Waals surface area contributed by atoms with Crippen molar-refractivity contribution in [2.45, 2.75) is 13.8 Å². The van der Waals surface area contributed by atoms with Crippen LogP contribution in [0, 0.1) is 13.8 Å². The van der Waals surface area contributed by atoms with E-state index in [1.807, 2.05) is 19.9 Å². The highest BCUT2D eigenvalue weighted by molar-refractivity contribution is 6.33. The molecule has 0 spiro atoms. The Labute approximate surface area is 123 Å². The van der Waals surface area contributed by atoms with Crippen molar-refractivity contribution in [3.63, 3.8) is 0 Å². The van der Waals surface area contributed by atoms with Gasteiger partial charge in [-0.25, -0.2) is 0 Å². The summed E-state index contributed by atoms with van der Waals surface area (Å²) in [5, 5.41) is 14.6. The number of aromatic nitrogens is 3. The summed E-state index contributed by atoms with van der Waals surface area (Å²) in [6.07, 6.45) is 3.28. The minimum Gasteiger partial charge on any atom is -0.349 e. The molecule has 6 heteroatoms. The first-order valence-electron chi connectivity index (χ1n) is 6.18. The molecule has 20 heavy (non-hydrogen) atoms. The van der Waals surface area contributed by atoms with Gasteiger partial charge in [0.05, 0.1) is 16.9 Å². The molecule has 0 aliphatic carbocycles. The van der Waals surface area contributed by atoms with Gasteiger partial charge in [0.25, 0.3) is 0 Å². The van der Waals surface area contributed by atoms with E-state index in [0.29, 0.717) is 23.3 Å². The first-order chi connectivity index (χ1) is 9.60. The summed E-state index contributed by atoms with van der Waals surface area (Å²) in [5.74, 6) is 1.02. The average molecular weight is 290 g/mol. The molecule has 0 bridgehead atoms. The molecule has 1 aromatic heterocycles. The molecule has 0 fully saturated rings. The summed E-state index contributed by atoms with van der Waals surface area (Å²) in [6.45, 7) is 8.20. The van der Waals surface area contributed by atoms with E-state index < -0.39 is 0 Å². The monoisotopic (exact) mass is 289 g/mol. The van der Waals surface area contributed by atoms with Gasteiger partial charge in [-0.1, -0.05) is 23.7 Å². The Balaban J connectivity index is 2.24. The number of rotatable bonds is 5. The van der Waals surface area contributed by atoms with Crippen LogP contribution < -0.4 is 10.6 Å². The van der Waals surface area contributed by atoms with Crippen molar-refractivity contribution in [2.24, 2.45) is 0 Å². The van der Waals surface area contributed by atoms with Gasteiger partial charge in [0, 0.05) is 6.54 Å². The van der Waals surface area contributed by atoms with Crippen LogP contribution in [0.25, 0.3) is 0 Å². The topological polar surface area (TPSA) is 62.7 Å².